The molecule has 0 saturated heterocycles. The van der Waals surface area contributed by atoms with E-state index in [9.17, 15) is 4.79 Å². The number of nitrogens with two attached hydrogens (primary N) is 1. The largest absolute Gasteiger partial charge is 0.492 e. The van der Waals surface area contributed by atoms with Crippen LogP contribution in [-0.2, 0) is 11.2 Å². The number of benzene rings is 1. The fourth-order valence-electron chi connectivity index (χ4n) is 1.74. The predicted molar refractivity (Wildman–Crippen MR) is 75.7 cm³/mol. The highest BCUT2D eigenvalue weighted by Gasteiger charge is 2.11. The number of nitrogens with one attached hydrogen (secondary N) is 2. The zero-order valence-electron chi connectivity index (χ0n) is 11.8. The molecule has 0 bridgehead atoms. The lowest BCUT2D eigenvalue weighted by molar-refractivity contribution is -0.120. The number of amides is 1. The molecule has 1 aromatic carbocycles. The summed E-state index contributed by atoms with van der Waals surface area (Å²) in [5.41, 5.74) is 3.02. The quantitative estimate of drug-likeness (QED) is 0.388. The summed E-state index contributed by atoms with van der Waals surface area (Å²) in [7, 11) is 1.93. The molecule has 0 aromatic heterocycles. The van der Waals surface area contributed by atoms with Crippen molar-refractivity contribution in [1.82, 2.24) is 10.7 Å². The maximum Gasteiger partial charge on any atom is 0.238 e. The normalized spacial score (nSPS) is 12.3. The highest BCUT2D eigenvalue weighted by atomic mass is 16.5. The summed E-state index contributed by atoms with van der Waals surface area (Å²) in [5.74, 6) is 6.15. The van der Waals surface area contributed by atoms with Crippen LogP contribution in [0.2, 0.25) is 0 Å². The van der Waals surface area contributed by atoms with E-state index in [-0.39, 0.29) is 12.3 Å². The van der Waals surface area contributed by atoms with Crippen molar-refractivity contribution in [3.05, 3.63) is 29.8 Å². The topological polar surface area (TPSA) is 76.4 Å². The van der Waals surface area contributed by atoms with Gasteiger partial charge in [0.25, 0.3) is 0 Å². The third kappa shape index (κ3) is 5.28. The van der Waals surface area contributed by atoms with Gasteiger partial charge in [-0.25, -0.2) is 5.84 Å². The Balaban J connectivity index is 2.50. The molecule has 0 fully saturated rings. The minimum Gasteiger partial charge on any atom is -0.492 e. The Bertz CT molecular complexity index is 390. The van der Waals surface area contributed by atoms with Gasteiger partial charge in [-0.2, -0.15) is 0 Å². The van der Waals surface area contributed by atoms with E-state index >= 15 is 0 Å². The Kier molecular flexibility index (Phi) is 6.32. The van der Waals surface area contributed by atoms with Crippen molar-refractivity contribution < 1.29 is 9.53 Å². The third-order valence-corrected chi connectivity index (χ3v) is 3.05. The van der Waals surface area contributed by atoms with Gasteiger partial charge in [0.15, 0.2) is 0 Å². The lowest BCUT2D eigenvalue weighted by atomic mass is 10.1. The van der Waals surface area contributed by atoms with E-state index in [1.165, 1.54) is 0 Å². The summed E-state index contributed by atoms with van der Waals surface area (Å²) in [6, 6.07) is 7.80. The van der Waals surface area contributed by atoms with Crippen LogP contribution < -0.4 is 21.3 Å². The van der Waals surface area contributed by atoms with Crippen LogP contribution >= 0.6 is 0 Å². The van der Waals surface area contributed by atoms with Gasteiger partial charge in [0.2, 0.25) is 5.91 Å². The van der Waals surface area contributed by atoms with Crippen LogP contribution in [0.25, 0.3) is 0 Å². The van der Waals surface area contributed by atoms with Crippen LogP contribution in [0, 0.1) is 5.92 Å². The summed E-state index contributed by atoms with van der Waals surface area (Å²) in [4.78, 5) is 11.1. The molecule has 0 heterocycles. The molecule has 106 valence electrons. The number of hydrogen-bond donors (Lipinski definition) is 3. The molecule has 0 aliphatic carbocycles. The second-order valence-electron chi connectivity index (χ2n) is 4.84. The van der Waals surface area contributed by atoms with Crippen molar-refractivity contribution in [2.75, 3.05) is 13.7 Å². The van der Waals surface area contributed by atoms with E-state index in [1.54, 1.807) is 0 Å². The number of carbonyl (C=O) groups excluding carboxylic acids is 1. The van der Waals surface area contributed by atoms with Crippen LogP contribution in [0.1, 0.15) is 19.4 Å². The van der Waals surface area contributed by atoms with Crippen molar-refractivity contribution in [1.29, 1.82) is 0 Å². The molecule has 0 spiro atoms. The first-order valence-electron chi connectivity index (χ1n) is 6.45. The summed E-state index contributed by atoms with van der Waals surface area (Å²) in [6.07, 6.45) is 0.280. The van der Waals surface area contributed by atoms with Gasteiger partial charge in [-0.15, -0.1) is 0 Å². The molecule has 5 nitrogen and oxygen atoms in total. The molecular formula is C14H23N3O2. The van der Waals surface area contributed by atoms with E-state index in [4.69, 9.17) is 10.6 Å². The van der Waals surface area contributed by atoms with Gasteiger partial charge in [0.05, 0.1) is 6.42 Å². The Morgan fingerprint density at radius 1 is 1.32 bits per heavy atom. The predicted octanol–water partition coefficient (Wildman–Crippen LogP) is 0.842. The second kappa shape index (κ2) is 7.76. The zero-order valence-corrected chi connectivity index (χ0v) is 11.8. The van der Waals surface area contributed by atoms with Gasteiger partial charge in [-0.05, 0) is 30.7 Å². The molecule has 0 radical (unpaired) electrons. The molecule has 1 rings (SSSR count). The molecule has 1 aromatic rings. The van der Waals surface area contributed by atoms with Crippen LogP contribution in [0.4, 0.5) is 0 Å². The van der Waals surface area contributed by atoms with E-state index in [1.807, 2.05) is 31.3 Å². The van der Waals surface area contributed by atoms with Crippen molar-refractivity contribution >= 4 is 5.91 Å². The fraction of sp³-hybridized carbons (Fsp3) is 0.500. The molecule has 4 N–H and O–H groups in total. The standard InChI is InChI=1S/C14H23N3O2/c1-10(2)13(16-3)9-19-12-6-4-11(5-7-12)8-14(18)17-15/h4-7,10,13,16H,8-9,15H2,1-3H3,(H,17,18)/t13-/m1/s1. The molecule has 0 aliphatic heterocycles. The minimum atomic E-state index is -0.205. The molecular weight excluding hydrogens is 242 g/mol. The first-order valence-corrected chi connectivity index (χ1v) is 6.45. The van der Waals surface area contributed by atoms with Crippen molar-refractivity contribution in [3.63, 3.8) is 0 Å². The molecule has 0 saturated carbocycles. The number of carbonyl (C=O) groups is 1. The van der Waals surface area contributed by atoms with Crippen LogP contribution in [0.15, 0.2) is 24.3 Å². The number of hydrazine groups is 1. The van der Waals surface area contributed by atoms with Gasteiger partial charge in [-0.3, -0.25) is 10.2 Å². The first-order chi connectivity index (χ1) is 9.06. The van der Waals surface area contributed by atoms with Crippen molar-refractivity contribution in [2.24, 2.45) is 11.8 Å². The smallest absolute Gasteiger partial charge is 0.238 e. The monoisotopic (exact) mass is 265 g/mol. The first kappa shape index (κ1) is 15.5. The van der Waals surface area contributed by atoms with Crippen molar-refractivity contribution in [2.45, 2.75) is 26.3 Å². The average Bonchev–Trinajstić information content (AvgIpc) is 2.40. The van der Waals surface area contributed by atoms with E-state index in [0.29, 0.717) is 18.6 Å². The minimum absolute atomic E-state index is 0.205. The van der Waals surface area contributed by atoms with Gasteiger partial charge < -0.3 is 10.1 Å². The second-order valence-corrected chi connectivity index (χ2v) is 4.84. The summed E-state index contributed by atoms with van der Waals surface area (Å²) in [6.45, 7) is 4.93. The summed E-state index contributed by atoms with van der Waals surface area (Å²) < 4.78 is 5.72. The van der Waals surface area contributed by atoms with Crippen LogP contribution in [0.5, 0.6) is 5.75 Å². The van der Waals surface area contributed by atoms with E-state index < -0.39 is 0 Å². The van der Waals surface area contributed by atoms with Gasteiger partial charge in [0, 0.05) is 6.04 Å². The van der Waals surface area contributed by atoms with Gasteiger partial charge in [-0.1, -0.05) is 26.0 Å². The van der Waals surface area contributed by atoms with E-state index in [2.05, 4.69) is 24.6 Å². The zero-order chi connectivity index (χ0) is 14.3. The molecule has 0 unspecified atom stereocenters. The molecule has 5 heteroatoms. The van der Waals surface area contributed by atoms with Crippen molar-refractivity contribution in [3.8, 4) is 5.75 Å². The molecule has 19 heavy (non-hydrogen) atoms. The molecule has 0 aliphatic rings. The van der Waals surface area contributed by atoms with Gasteiger partial charge in [0.1, 0.15) is 12.4 Å². The van der Waals surface area contributed by atoms with Gasteiger partial charge >= 0.3 is 0 Å². The number of likely N-dealkylation sites (N-methyl/N-ethyl adjacent to an activating group) is 1. The lowest BCUT2D eigenvalue weighted by Crippen LogP contribution is -2.36. The Morgan fingerprint density at radius 3 is 2.42 bits per heavy atom. The number of rotatable bonds is 7. The highest BCUT2D eigenvalue weighted by Crippen LogP contribution is 2.14. The Labute approximate surface area is 114 Å². The highest BCUT2D eigenvalue weighted by molar-refractivity contribution is 5.77. The van der Waals surface area contributed by atoms with Crippen LogP contribution in [0.3, 0.4) is 0 Å². The third-order valence-electron chi connectivity index (χ3n) is 3.05. The summed E-state index contributed by atoms with van der Waals surface area (Å²) in [5, 5.41) is 3.23. The number of ether oxygens (including phenoxy) is 1. The number of hydrogen-bond acceptors (Lipinski definition) is 4. The fourth-order valence-corrected chi connectivity index (χ4v) is 1.74. The molecule has 1 amide bonds. The SMILES string of the molecule is CN[C@H](COc1ccc(CC(=O)NN)cc1)C(C)C. The maximum atomic E-state index is 11.1. The average molecular weight is 265 g/mol. The maximum absolute atomic E-state index is 11.1. The summed E-state index contributed by atoms with van der Waals surface area (Å²) >= 11 is 0. The Morgan fingerprint density at radius 2 is 1.95 bits per heavy atom. The lowest BCUT2D eigenvalue weighted by Gasteiger charge is -2.20. The Hall–Kier alpha value is -1.59. The molecule has 1 atom stereocenters. The van der Waals surface area contributed by atoms with Crippen LogP contribution in [-0.4, -0.2) is 25.6 Å². The van der Waals surface area contributed by atoms with E-state index in [0.717, 1.165) is 11.3 Å².